The van der Waals surface area contributed by atoms with Gasteiger partial charge in [-0.2, -0.15) is 8.78 Å². The fourth-order valence-electron chi connectivity index (χ4n) is 4.08. The lowest BCUT2D eigenvalue weighted by Crippen LogP contribution is -2.36. The van der Waals surface area contributed by atoms with Gasteiger partial charge in [0.2, 0.25) is 5.91 Å². The van der Waals surface area contributed by atoms with E-state index in [2.05, 4.69) is 14.6 Å². The Morgan fingerprint density at radius 3 is 2.63 bits per heavy atom. The lowest BCUT2D eigenvalue weighted by atomic mass is 10.1. The molecule has 2 fully saturated rings. The Kier molecular flexibility index (Phi) is 5.03. The van der Waals surface area contributed by atoms with Crippen molar-refractivity contribution in [1.29, 1.82) is 0 Å². The van der Waals surface area contributed by atoms with Crippen LogP contribution in [-0.4, -0.2) is 45.9 Å². The van der Waals surface area contributed by atoms with E-state index in [0.29, 0.717) is 13.0 Å². The second-order valence-electron chi connectivity index (χ2n) is 6.96. The van der Waals surface area contributed by atoms with Crippen LogP contribution in [0.3, 0.4) is 0 Å². The number of ether oxygens (including phenoxy) is 1. The number of pyridine rings is 1. The molecule has 0 aliphatic carbocycles. The Labute approximate surface area is 156 Å². The minimum Gasteiger partial charge on any atom is -0.435 e. The van der Waals surface area contributed by atoms with Crippen LogP contribution in [0.1, 0.15) is 24.1 Å². The maximum Gasteiger partial charge on any atom is 0.387 e. The van der Waals surface area contributed by atoms with Gasteiger partial charge in [0.25, 0.3) is 0 Å². The van der Waals surface area contributed by atoms with Crippen molar-refractivity contribution in [3.05, 3.63) is 59.9 Å². The van der Waals surface area contributed by atoms with Crippen LogP contribution in [0.5, 0.6) is 5.75 Å². The van der Waals surface area contributed by atoms with E-state index in [4.69, 9.17) is 0 Å². The van der Waals surface area contributed by atoms with E-state index in [1.54, 1.807) is 18.3 Å². The van der Waals surface area contributed by atoms with Gasteiger partial charge in [-0.25, -0.2) is 0 Å². The smallest absolute Gasteiger partial charge is 0.387 e. The SMILES string of the molecule is O=C1C[C@H]2[C@H](CCN2Cc2ccccn2)N1Cc1ccc(OC(F)F)cc1. The van der Waals surface area contributed by atoms with Crippen molar-refractivity contribution in [3.63, 3.8) is 0 Å². The summed E-state index contributed by atoms with van der Waals surface area (Å²) in [5.41, 5.74) is 1.92. The Morgan fingerprint density at radius 2 is 1.93 bits per heavy atom. The van der Waals surface area contributed by atoms with Gasteiger partial charge in [-0.05, 0) is 36.2 Å². The minimum atomic E-state index is -2.83. The number of likely N-dealkylation sites (tertiary alicyclic amines) is 2. The number of fused-ring (bicyclic) bond motifs is 1. The first-order valence-corrected chi connectivity index (χ1v) is 9.07. The van der Waals surface area contributed by atoms with Crippen LogP contribution in [0.4, 0.5) is 8.78 Å². The molecule has 4 rings (SSSR count). The summed E-state index contributed by atoms with van der Waals surface area (Å²) in [4.78, 5) is 21.2. The second kappa shape index (κ2) is 7.60. The molecule has 1 aromatic heterocycles. The Hall–Kier alpha value is -2.54. The van der Waals surface area contributed by atoms with Crippen LogP contribution in [0, 0.1) is 0 Å². The van der Waals surface area contributed by atoms with Gasteiger partial charge in [0.15, 0.2) is 0 Å². The number of halogens is 2. The van der Waals surface area contributed by atoms with Gasteiger partial charge >= 0.3 is 6.61 Å². The average molecular weight is 373 g/mol. The summed E-state index contributed by atoms with van der Waals surface area (Å²) in [6.07, 6.45) is 3.25. The maximum atomic E-state index is 12.6. The van der Waals surface area contributed by atoms with Crippen molar-refractivity contribution >= 4 is 5.91 Å². The van der Waals surface area contributed by atoms with Crippen LogP contribution in [-0.2, 0) is 17.9 Å². The largest absolute Gasteiger partial charge is 0.435 e. The zero-order valence-corrected chi connectivity index (χ0v) is 14.8. The molecular formula is C20H21F2N3O2. The Morgan fingerprint density at radius 1 is 1.11 bits per heavy atom. The quantitative estimate of drug-likeness (QED) is 0.781. The van der Waals surface area contributed by atoms with E-state index in [0.717, 1.165) is 30.8 Å². The number of rotatable bonds is 6. The zero-order valence-electron chi connectivity index (χ0n) is 14.8. The zero-order chi connectivity index (χ0) is 18.8. The van der Waals surface area contributed by atoms with Gasteiger partial charge < -0.3 is 9.64 Å². The summed E-state index contributed by atoms with van der Waals surface area (Å²) in [5.74, 6) is 0.269. The summed E-state index contributed by atoms with van der Waals surface area (Å²) in [6.45, 7) is -0.646. The molecule has 2 saturated heterocycles. The normalized spacial score (nSPS) is 22.5. The maximum absolute atomic E-state index is 12.6. The van der Waals surface area contributed by atoms with E-state index < -0.39 is 6.61 Å². The summed E-state index contributed by atoms with van der Waals surface area (Å²) >= 11 is 0. The number of carbonyl (C=O) groups is 1. The average Bonchev–Trinajstić information content (AvgIpc) is 3.17. The highest BCUT2D eigenvalue weighted by atomic mass is 19.3. The van der Waals surface area contributed by atoms with Crippen molar-refractivity contribution < 1.29 is 18.3 Å². The molecule has 2 aromatic rings. The van der Waals surface area contributed by atoms with Crippen molar-refractivity contribution in [2.45, 2.75) is 44.6 Å². The van der Waals surface area contributed by atoms with E-state index in [9.17, 15) is 13.6 Å². The number of alkyl halides is 2. The third-order valence-electron chi connectivity index (χ3n) is 5.32. The molecule has 2 aliphatic rings. The molecule has 7 heteroatoms. The fourth-order valence-corrected chi connectivity index (χ4v) is 4.08. The number of carbonyl (C=O) groups excluding carboxylic acids is 1. The lowest BCUT2D eigenvalue weighted by molar-refractivity contribution is -0.129. The molecule has 1 aromatic carbocycles. The summed E-state index contributed by atoms with van der Waals surface area (Å²) in [7, 11) is 0. The molecule has 0 spiro atoms. The predicted molar refractivity (Wildman–Crippen MR) is 95.1 cm³/mol. The first-order chi connectivity index (χ1) is 13.1. The van der Waals surface area contributed by atoms with Crippen molar-refractivity contribution in [1.82, 2.24) is 14.8 Å². The van der Waals surface area contributed by atoms with Crippen LogP contribution >= 0.6 is 0 Å². The molecule has 0 N–H and O–H groups in total. The molecular weight excluding hydrogens is 352 g/mol. The molecule has 5 nitrogen and oxygen atoms in total. The van der Waals surface area contributed by atoms with E-state index in [-0.39, 0.29) is 23.7 Å². The highest BCUT2D eigenvalue weighted by Crippen LogP contribution is 2.34. The summed E-state index contributed by atoms with van der Waals surface area (Å²) in [5, 5.41) is 0. The number of benzene rings is 1. The standard InChI is InChI=1S/C20H21F2N3O2/c21-20(22)27-16-6-4-14(5-7-16)12-25-17-8-10-24(18(17)11-19(25)26)13-15-3-1-2-9-23-15/h1-7,9,17-18,20H,8,10-13H2/t17-,18-/m0/s1. The first kappa shape index (κ1) is 17.9. The van der Waals surface area contributed by atoms with Crippen molar-refractivity contribution in [2.75, 3.05) is 6.54 Å². The van der Waals surface area contributed by atoms with Gasteiger partial charge in [-0.15, -0.1) is 0 Å². The highest BCUT2D eigenvalue weighted by Gasteiger charge is 2.46. The number of aromatic nitrogens is 1. The van der Waals surface area contributed by atoms with Crippen LogP contribution < -0.4 is 4.74 Å². The summed E-state index contributed by atoms with van der Waals surface area (Å²) in [6, 6.07) is 12.8. The number of hydrogen-bond donors (Lipinski definition) is 0. The second-order valence-corrected chi connectivity index (χ2v) is 6.96. The number of amides is 1. The van der Waals surface area contributed by atoms with Gasteiger partial charge in [-0.1, -0.05) is 18.2 Å². The molecule has 142 valence electrons. The third-order valence-corrected chi connectivity index (χ3v) is 5.32. The molecule has 2 aliphatic heterocycles. The number of nitrogens with zero attached hydrogens (tertiary/aromatic N) is 3. The molecule has 3 heterocycles. The van der Waals surface area contributed by atoms with Crippen LogP contribution in [0.2, 0.25) is 0 Å². The van der Waals surface area contributed by atoms with E-state index in [1.807, 2.05) is 23.1 Å². The topological polar surface area (TPSA) is 45.7 Å². The Bertz CT molecular complexity index is 786. The van der Waals surface area contributed by atoms with E-state index >= 15 is 0 Å². The minimum absolute atomic E-state index is 0.127. The molecule has 0 bridgehead atoms. The molecule has 1 amide bonds. The lowest BCUT2D eigenvalue weighted by Gasteiger charge is -2.25. The monoisotopic (exact) mass is 373 g/mol. The Balaban J connectivity index is 1.41. The predicted octanol–water partition coefficient (Wildman–Crippen LogP) is 3.06. The number of hydrogen-bond acceptors (Lipinski definition) is 4. The molecule has 0 saturated carbocycles. The van der Waals surface area contributed by atoms with Crippen LogP contribution in [0.15, 0.2) is 48.7 Å². The molecule has 0 radical (unpaired) electrons. The molecule has 2 atom stereocenters. The van der Waals surface area contributed by atoms with E-state index in [1.165, 1.54) is 12.1 Å². The first-order valence-electron chi connectivity index (χ1n) is 9.07. The van der Waals surface area contributed by atoms with Gasteiger partial charge in [-0.3, -0.25) is 14.7 Å². The van der Waals surface area contributed by atoms with Crippen molar-refractivity contribution in [2.24, 2.45) is 0 Å². The molecule has 0 unspecified atom stereocenters. The summed E-state index contributed by atoms with van der Waals surface area (Å²) < 4.78 is 28.9. The van der Waals surface area contributed by atoms with Crippen molar-refractivity contribution in [3.8, 4) is 5.75 Å². The van der Waals surface area contributed by atoms with Gasteiger partial charge in [0, 0.05) is 44.3 Å². The molecule has 27 heavy (non-hydrogen) atoms. The van der Waals surface area contributed by atoms with Crippen LogP contribution in [0.25, 0.3) is 0 Å². The van der Waals surface area contributed by atoms with Gasteiger partial charge in [0.1, 0.15) is 5.75 Å². The fraction of sp³-hybridized carbons (Fsp3) is 0.400. The third kappa shape index (κ3) is 3.93. The highest BCUT2D eigenvalue weighted by molar-refractivity contribution is 5.80. The van der Waals surface area contributed by atoms with Gasteiger partial charge in [0.05, 0.1) is 5.69 Å².